The predicted molar refractivity (Wildman–Crippen MR) is 74.2 cm³/mol. The molecule has 0 aliphatic rings. The zero-order valence-electron chi connectivity index (χ0n) is 11.8. The molecule has 1 aromatic carbocycles. The maximum atomic E-state index is 12.4. The Morgan fingerprint density at radius 1 is 1.26 bits per heavy atom. The molecule has 0 amide bonds. The van der Waals surface area contributed by atoms with Gasteiger partial charge in [0.05, 0.1) is 12.1 Å². The van der Waals surface area contributed by atoms with Gasteiger partial charge in [0, 0.05) is 18.8 Å². The van der Waals surface area contributed by atoms with Crippen molar-refractivity contribution in [1.82, 2.24) is 15.0 Å². The van der Waals surface area contributed by atoms with Gasteiger partial charge < -0.3 is 0 Å². The van der Waals surface area contributed by atoms with E-state index in [2.05, 4.69) is 31.1 Å². The van der Waals surface area contributed by atoms with Gasteiger partial charge in [-0.15, -0.1) is 5.10 Å². The number of Topliss-reactive ketones (excluding diaryl/α,β-unsaturated/α-hetero) is 1. The normalized spacial score (nSPS) is 11.6. The van der Waals surface area contributed by atoms with Gasteiger partial charge in [-0.25, -0.2) is 0 Å². The molecule has 0 radical (unpaired) electrons. The van der Waals surface area contributed by atoms with Gasteiger partial charge in [0.15, 0.2) is 5.78 Å². The summed E-state index contributed by atoms with van der Waals surface area (Å²) in [6.07, 6.45) is 2.07. The summed E-state index contributed by atoms with van der Waals surface area (Å²) in [6.45, 7) is 6.34. The standard InChI is InChI=1S/C15H19N3O/c1-15(2,3)13-8-6-5-7-12(13)14(19)9-11-10-18(4)17-16-11/h5-8,10H,9H2,1-4H3. The summed E-state index contributed by atoms with van der Waals surface area (Å²) in [7, 11) is 1.80. The molecule has 0 aliphatic carbocycles. The summed E-state index contributed by atoms with van der Waals surface area (Å²) in [5.74, 6) is 0.0889. The molecule has 0 saturated heterocycles. The second kappa shape index (κ2) is 4.96. The van der Waals surface area contributed by atoms with E-state index in [1.165, 1.54) is 0 Å². The van der Waals surface area contributed by atoms with Crippen molar-refractivity contribution in [2.75, 3.05) is 0 Å². The lowest BCUT2D eigenvalue weighted by molar-refractivity contribution is 0.0990. The minimum atomic E-state index is -0.0470. The van der Waals surface area contributed by atoms with Crippen molar-refractivity contribution in [1.29, 1.82) is 0 Å². The fourth-order valence-corrected chi connectivity index (χ4v) is 2.12. The SMILES string of the molecule is Cn1cc(CC(=O)c2ccccc2C(C)(C)C)nn1. The Morgan fingerprint density at radius 2 is 1.95 bits per heavy atom. The molecule has 19 heavy (non-hydrogen) atoms. The Bertz CT molecular complexity index is 593. The maximum absolute atomic E-state index is 12.4. The number of aromatic nitrogens is 3. The molecule has 0 fully saturated rings. The van der Waals surface area contributed by atoms with Crippen LogP contribution in [-0.4, -0.2) is 20.8 Å². The van der Waals surface area contributed by atoms with Crippen LogP contribution in [0.2, 0.25) is 0 Å². The van der Waals surface area contributed by atoms with Gasteiger partial charge in [-0.05, 0) is 11.0 Å². The highest BCUT2D eigenvalue weighted by molar-refractivity contribution is 5.98. The Balaban J connectivity index is 2.29. The third-order valence-corrected chi connectivity index (χ3v) is 3.03. The van der Waals surface area contributed by atoms with Crippen LogP contribution in [0.1, 0.15) is 42.4 Å². The fourth-order valence-electron chi connectivity index (χ4n) is 2.12. The number of benzene rings is 1. The van der Waals surface area contributed by atoms with E-state index >= 15 is 0 Å². The molecule has 1 heterocycles. The lowest BCUT2D eigenvalue weighted by Crippen LogP contribution is -2.17. The van der Waals surface area contributed by atoms with Crippen molar-refractivity contribution in [3.63, 3.8) is 0 Å². The third-order valence-electron chi connectivity index (χ3n) is 3.03. The van der Waals surface area contributed by atoms with Crippen LogP contribution in [0.15, 0.2) is 30.5 Å². The molecular weight excluding hydrogens is 238 g/mol. The topological polar surface area (TPSA) is 47.8 Å². The number of carbonyl (C=O) groups excluding carboxylic acids is 1. The minimum Gasteiger partial charge on any atom is -0.294 e. The quantitative estimate of drug-likeness (QED) is 0.794. The second-order valence-electron chi connectivity index (χ2n) is 5.78. The number of hydrogen-bond acceptors (Lipinski definition) is 3. The van der Waals surface area contributed by atoms with Crippen LogP contribution in [0.5, 0.6) is 0 Å². The van der Waals surface area contributed by atoms with Gasteiger partial charge in [0.1, 0.15) is 0 Å². The monoisotopic (exact) mass is 257 g/mol. The van der Waals surface area contributed by atoms with Crippen LogP contribution in [0.25, 0.3) is 0 Å². The molecule has 0 saturated carbocycles. The molecule has 0 atom stereocenters. The summed E-state index contributed by atoms with van der Waals surface area (Å²) in [4.78, 5) is 12.4. The van der Waals surface area contributed by atoms with Crippen LogP contribution >= 0.6 is 0 Å². The van der Waals surface area contributed by atoms with Gasteiger partial charge >= 0.3 is 0 Å². The molecule has 0 aliphatic heterocycles. The van der Waals surface area contributed by atoms with E-state index in [9.17, 15) is 4.79 Å². The summed E-state index contributed by atoms with van der Waals surface area (Å²) < 4.78 is 1.61. The lowest BCUT2D eigenvalue weighted by atomic mass is 9.82. The highest BCUT2D eigenvalue weighted by Crippen LogP contribution is 2.26. The highest BCUT2D eigenvalue weighted by atomic mass is 16.1. The first-order valence-corrected chi connectivity index (χ1v) is 6.36. The van der Waals surface area contributed by atoms with E-state index in [1.807, 2.05) is 24.3 Å². The summed E-state index contributed by atoms with van der Waals surface area (Å²) in [6, 6.07) is 7.78. The van der Waals surface area contributed by atoms with E-state index in [4.69, 9.17) is 0 Å². The first kappa shape index (κ1) is 13.5. The molecule has 2 aromatic rings. The van der Waals surface area contributed by atoms with E-state index in [-0.39, 0.29) is 11.2 Å². The van der Waals surface area contributed by atoms with Gasteiger partial charge in [-0.1, -0.05) is 50.3 Å². The summed E-state index contributed by atoms with van der Waals surface area (Å²) in [5.41, 5.74) is 2.51. The largest absolute Gasteiger partial charge is 0.294 e. The van der Waals surface area contributed by atoms with E-state index < -0.39 is 0 Å². The Hall–Kier alpha value is -1.97. The van der Waals surface area contributed by atoms with E-state index in [0.717, 1.165) is 11.1 Å². The first-order chi connectivity index (χ1) is 8.88. The van der Waals surface area contributed by atoms with Crippen LogP contribution in [0, 0.1) is 0 Å². The lowest BCUT2D eigenvalue weighted by Gasteiger charge is -2.22. The molecule has 4 heteroatoms. The van der Waals surface area contributed by atoms with Crippen LogP contribution < -0.4 is 0 Å². The van der Waals surface area contributed by atoms with Crippen molar-refractivity contribution in [3.8, 4) is 0 Å². The molecule has 100 valence electrons. The van der Waals surface area contributed by atoms with Gasteiger partial charge in [-0.2, -0.15) is 0 Å². The Labute approximate surface area is 113 Å². The summed E-state index contributed by atoms with van der Waals surface area (Å²) in [5, 5.41) is 7.81. The number of rotatable bonds is 3. The Kier molecular flexibility index (Phi) is 3.51. The van der Waals surface area contributed by atoms with Crippen LogP contribution in [-0.2, 0) is 18.9 Å². The molecular formula is C15H19N3O. The van der Waals surface area contributed by atoms with Gasteiger partial charge in [0.2, 0.25) is 0 Å². The number of ketones is 1. The Morgan fingerprint density at radius 3 is 2.53 bits per heavy atom. The first-order valence-electron chi connectivity index (χ1n) is 6.36. The molecule has 0 N–H and O–H groups in total. The smallest absolute Gasteiger partial charge is 0.169 e. The number of aryl methyl sites for hydroxylation is 1. The molecule has 1 aromatic heterocycles. The molecule has 0 spiro atoms. The maximum Gasteiger partial charge on any atom is 0.169 e. The van der Waals surface area contributed by atoms with Crippen LogP contribution in [0.3, 0.4) is 0 Å². The van der Waals surface area contributed by atoms with E-state index in [1.54, 1.807) is 17.9 Å². The van der Waals surface area contributed by atoms with Crippen molar-refractivity contribution < 1.29 is 4.79 Å². The van der Waals surface area contributed by atoms with Crippen molar-refractivity contribution in [2.45, 2.75) is 32.6 Å². The molecule has 4 nitrogen and oxygen atoms in total. The zero-order chi connectivity index (χ0) is 14.0. The van der Waals surface area contributed by atoms with Gasteiger partial charge in [0.25, 0.3) is 0 Å². The van der Waals surface area contributed by atoms with Crippen molar-refractivity contribution >= 4 is 5.78 Å². The average Bonchev–Trinajstić information content (AvgIpc) is 2.73. The fraction of sp³-hybridized carbons (Fsp3) is 0.400. The van der Waals surface area contributed by atoms with E-state index in [0.29, 0.717) is 12.1 Å². The zero-order valence-corrected chi connectivity index (χ0v) is 11.8. The number of carbonyl (C=O) groups is 1. The summed E-state index contributed by atoms with van der Waals surface area (Å²) >= 11 is 0. The highest BCUT2D eigenvalue weighted by Gasteiger charge is 2.21. The van der Waals surface area contributed by atoms with Crippen LogP contribution in [0.4, 0.5) is 0 Å². The predicted octanol–water partition coefficient (Wildman–Crippen LogP) is 2.54. The number of nitrogens with zero attached hydrogens (tertiary/aromatic N) is 3. The van der Waals surface area contributed by atoms with Crippen molar-refractivity contribution in [3.05, 3.63) is 47.3 Å². The second-order valence-corrected chi connectivity index (χ2v) is 5.78. The average molecular weight is 257 g/mol. The molecule has 0 unspecified atom stereocenters. The molecule has 2 rings (SSSR count). The number of hydrogen-bond donors (Lipinski definition) is 0. The minimum absolute atomic E-state index is 0.0470. The van der Waals surface area contributed by atoms with Crippen molar-refractivity contribution in [2.24, 2.45) is 7.05 Å². The third kappa shape index (κ3) is 3.08. The van der Waals surface area contributed by atoms with Gasteiger partial charge in [-0.3, -0.25) is 9.48 Å². The molecule has 0 bridgehead atoms.